The van der Waals surface area contributed by atoms with Gasteiger partial charge in [0, 0.05) is 12.1 Å². The highest BCUT2D eigenvalue weighted by atomic mass is 16.3. The minimum atomic E-state index is -0.249. The number of hydrogen-bond acceptors (Lipinski definition) is 2. The van der Waals surface area contributed by atoms with Crippen molar-refractivity contribution in [2.24, 2.45) is 5.41 Å². The Labute approximate surface area is 75.4 Å². The van der Waals surface area contributed by atoms with Crippen LogP contribution < -0.4 is 5.32 Å². The van der Waals surface area contributed by atoms with E-state index in [1.807, 2.05) is 13.8 Å². The van der Waals surface area contributed by atoms with E-state index in [-0.39, 0.29) is 12.1 Å². The van der Waals surface area contributed by atoms with Crippen LogP contribution in [0.15, 0.2) is 0 Å². The van der Waals surface area contributed by atoms with Crippen LogP contribution in [0.5, 0.6) is 0 Å². The molecule has 0 aromatic rings. The highest BCUT2D eigenvalue weighted by molar-refractivity contribution is 4.95. The van der Waals surface area contributed by atoms with Gasteiger partial charge in [-0.25, -0.2) is 0 Å². The number of nitrogens with one attached hydrogen (secondary N) is 1. The van der Waals surface area contributed by atoms with Crippen LogP contribution in [0.3, 0.4) is 0 Å². The van der Waals surface area contributed by atoms with Gasteiger partial charge in [-0.05, 0) is 32.1 Å². The van der Waals surface area contributed by atoms with Crippen molar-refractivity contribution in [1.82, 2.24) is 5.32 Å². The molecule has 0 saturated heterocycles. The van der Waals surface area contributed by atoms with Gasteiger partial charge in [-0.1, -0.05) is 13.8 Å². The third-order valence-corrected chi connectivity index (χ3v) is 3.21. The van der Waals surface area contributed by atoms with E-state index in [4.69, 9.17) is 0 Å². The standard InChI is InChI=1S/C10H21NO/c1-7(8(2)12)11-9-5-6-10(9,3)4/h7-9,11-12H,5-6H2,1-4H3. The Morgan fingerprint density at radius 2 is 2.00 bits per heavy atom. The highest BCUT2D eigenvalue weighted by Gasteiger charge is 2.38. The first-order valence-electron chi connectivity index (χ1n) is 4.87. The molecule has 2 heteroatoms. The van der Waals surface area contributed by atoms with Gasteiger partial charge < -0.3 is 10.4 Å². The lowest BCUT2D eigenvalue weighted by Gasteiger charge is -2.46. The SMILES string of the molecule is CC(O)C(C)NC1CCC1(C)C. The average molecular weight is 171 g/mol. The van der Waals surface area contributed by atoms with Gasteiger partial charge in [0.15, 0.2) is 0 Å². The first-order chi connectivity index (χ1) is 5.43. The summed E-state index contributed by atoms with van der Waals surface area (Å²) in [6.07, 6.45) is 2.31. The van der Waals surface area contributed by atoms with Gasteiger partial charge in [0.1, 0.15) is 0 Å². The molecule has 1 aliphatic carbocycles. The Morgan fingerprint density at radius 1 is 1.42 bits per heavy atom. The van der Waals surface area contributed by atoms with E-state index in [1.54, 1.807) is 0 Å². The van der Waals surface area contributed by atoms with Crippen LogP contribution >= 0.6 is 0 Å². The molecular weight excluding hydrogens is 150 g/mol. The van der Waals surface area contributed by atoms with Crippen molar-refractivity contribution in [3.63, 3.8) is 0 Å². The van der Waals surface area contributed by atoms with Crippen LogP contribution in [0.2, 0.25) is 0 Å². The van der Waals surface area contributed by atoms with Crippen molar-refractivity contribution in [2.75, 3.05) is 0 Å². The molecule has 1 aliphatic rings. The molecule has 0 spiro atoms. The van der Waals surface area contributed by atoms with Gasteiger partial charge in [-0.15, -0.1) is 0 Å². The van der Waals surface area contributed by atoms with Crippen LogP contribution in [0.1, 0.15) is 40.5 Å². The van der Waals surface area contributed by atoms with E-state index in [9.17, 15) is 5.11 Å². The molecule has 1 rings (SSSR count). The summed E-state index contributed by atoms with van der Waals surface area (Å²) in [5.74, 6) is 0. The predicted molar refractivity (Wildman–Crippen MR) is 51.1 cm³/mol. The normalized spacial score (nSPS) is 32.2. The van der Waals surface area contributed by atoms with Crippen molar-refractivity contribution in [3.8, 4) is 0 Å². The number of aliphatic hydroxyl groups excluding tert-OH is 1. The Balaban J connectivity index is 2.32. The monoisotopic (exact) mass is 171 g/mol. The van der Waals surface area contributed by atoms with Gasteiger partial charge in [-0.3, -0.25) is 0 Å². The summed E-state index contributed by atoms with van der Waals surface area (Å²) >= 11 is 0. The Bertz CT molecular complexity index is 154. The maximum Gasteiger partial charge on any atom is 0.0662 e. The van der Waals surface area contributed by atoms with E-state index in [0.29, 0.717) is 11.5 Å². The summed E-state index contributed by atoms with van der Waals surface area (Å²) in [6.45, 7) is 8.44. The summed E-state index contributed by atoms with van der Waals surface area (Å²) in [4.78, 5) is 0. The molecular formula is C10H21NO. The topological polar surface area (TPSA) is 32.3 Å². The maximum atomic E-state index is 9.30. The van der Waals surface area contributed by atoms with Crippen molar-refractivity contribution in [3.05, 3.63) is 0 Å². The average Bonchev–Trinajstić information content (AvgIpc) is 1.97. The fraction of sp³-hybridized carbons (Fsp3) is 1.00. The summed E-state index contributed by atoms with van der Waals surface area (Å²) in [5, 5.41) is 12.8. The zero-order valence-electron chi connectivity index (χ0n) is 8.59. The van der Waals surface area contributed by atoms with Crippen LogP contribution in [-0.2, 0) is 0 Å². The van der Waals surface area contributed by atoms with E-state index in [0.717, 1.165) is 0 Å². The largest absolute Gasteiger partial charge is 0.392 e. The van der Waals surface area contributed by atoms with Crippen LogP contribution in [0.4, 0.5) is 0 Å². The molecule has 0 aromatic heterocycles. The molecule has 72 valence electrons. The van der Waals surface area contributed by atoms with E-state index < -0.39 is 0 Å². The molecule has 0 aliphatic heterocycles. The van der Waals surface area contributed by atoms with Crippen LogP contribution in [0, 0.1) is 5.41 Å². The van der Waals surface area contributed by atoms with Gasteiger partial charge >= 0.3 is 0 Å². The molecule has 12 heavy (non-hydrogen) atoms. The number of hydrogen-bond donors (Lipinski definition) is 2. The van der Waals surface area contributed by atoms with Crippen LogP contribution in [0.25, 0.3) is 0 Å². The summed E-state index contributed by atoms with van der Waals surface area (Å²) in [7, 11) is 0. The lowest BCUT2D eigenvalue weighted by Crippen LogP contribution is -2.55. The van der Waals surface area contributed by atoms with Crippen LogP contribution in [-0.4, -0.2) is 23.3 Å². The predicted octanol–water partition coefficient (Wildman–Crippen LogP) is 1.53. The molecule has 2 nitrogen and oxygen atoms in total. The number of rotatable bonds is 3. The van der Waals surface area contributed by atoms with Gasteiger partial charge in [0.25, 0.3) is 0 Å². The second-order valence-corrected chi connectivity index (χ2v) is 4.78. The summed E-state index contributed by atoms with van der Waals surface area (Å²) in [5.41, 5.74) is 0.434. The molecule has 0 amide bonds. The first kappa shape index (κ1) is 10.0. The third-order valence-electron chi connectivity index (χ3n) is 3.21. The lowest BCUT2D eigenvalue weighted by atomic mass is 9.67. The van der Waals surface area contributed by atoms with Gasteiger partial charge in [-0.2, -0.15) is 0 Å². The second-order valence-electron chi connectivity index (χ2n) is 4.78. The zero-order chi connectivity index (χ0) is 9.35. The lowest BCUT2D eigenvalue weighted by molar-refractivity contribution is 0.0684. The molecule has 0 aromatic carbocycles. The summed E-state index contributed by atoms with van der Waals surface area (Å²) in [6, 6.07) is 0.816. The third kappa shape index (κ3) is 1.99. The van der Waals surface area contributed by atoms with Crippen molar-refractivity contribution in [1.29, 1.82) is 0 Å². The molecule has 1 saturated carbocycles. The molecule has 0 bridgehead atoms. The van der Waals surface area contributed by atoms with Crippen molar-refractivity contribution < 1.29 is 5.11 Å². The fourth-order valence-electron chi connectivity index (χ4n) is 1.63. The molecule has 0 radical (unpaired) electrons. The Kier molecular flexibility index (Phi) is 2.79. The van der Waals surface area contributed by atoms with Gasteiger partial charge in [0.2, 0.25) is 0 Å². The smallest absolute Gasteiger partial charge is 0.0662 e. The fourth-order valence-corrected chi connectivity index (χ4v) is 1.63. The maximum absolute atomic E-state index is 9.30. The zero-order valence-corrected chi connectivity index (χ0v) is 8.59. The second kappa shape index (κ2) is 3.35. The molecule has 1 fully saturated rings. The first-order valence-corrected chi connectivity index (χ1v) is 4.87. The minimum Gasteiger partial charge on any atom is -0.392 e. The molecule has 3 atom stereocenters. The highest BCUT2D eigenvalue weighted by Crippen LogP contribution is 2.40. The van der Waals surface area contributed by atoms with Crippen molar-refractivity contribution in [2.45, 2.75) is 58.7 Å². The van der Waals surface area contributed by atoms with E-state index in [2.05, 4.69) is 19.2 Å². The van der Waals surface area contributed by atoms with E-state index >= 15 is 0 Å². The van der Waals surface area contributed by atoms with Crippen molar-refractivity contribution >= 4 is 0 Å². The quantitative estimate of drug-likeness (QED) is 0.675. The Hall–Kier alpha value is -0.0800. The van der Waals surface area contributed by atoms with Gasteiger partial charge in [0.05, 0.1) is 6.10 Å². The molecule has 3 unspecified atom stereocenters. The molecule has 2 N–H and O–H groups in total. The Morgan fingerprint density at radius 3 is 2.25 bits per heavy atom. The minimum absolute atomic E-state index is 0.217. The molecule has 0 heterocycles. The van der Waals surface area contributed by atoms with E-state index in [1.165, 1.54) is 12.8 Å². The number of aliphatic hydroxyl groups is 1. The summed E-state index contributed by atoms with van der Waals surface area (Å²) < 4.78 is 0.